The minimum absolute atomic E-state index is 0.0358. The average molecular weight is 301 g/mol. The van der Waals surface area contributed by atoms with Gasteiger partial charge < -0.3 is 9.05 Å². The maximum atomic E-state index is 12.8. The summed E-state index contributed by atoms with van der Waals surface area (Å²) in [5.41, 5.74) is 0. The van der Waals surface area contributed by atoms with Crippen molar-refractivity contribution >= 4 is 27.3 Å². The van der Waals surface area contributed by atoms with Crippen molar-refractivity contribution in [2.24, 2.45) is 0 Å². The predicted molar refractivity (Wildman–Crippen MR) is 77.9 cm³/mol. The maximum absolute atomic E-state index is 12.8. The van der Waals surface area contributed by atoms with Gasteiger partial charge in [0.25, 0.3) is 0 Å². The minimum atomic E-state index is -2.98. The Morgan fingerprint density at radius 2 is 1.65 bits per heavy atom. The summed E-state index contributed by atoms with van der Waals surface area (Å²) in [7, 11) is -4.58. The quantitative estimate of drug-likeness (QED) is 0.357. The summed E-state index contributed by atoms with van der Waals surface area (Å²) in [6, 6.07) is 0. The van der Waals surface area contributed by atoms with Crippen LogP contribution in [-0.2, 0) is 13.6 Å². The van der Waals surface area contributed by atoms with Gasteiger partial charge in [0.05, 0.1) is 26.6 Å². The summed E-state index contributed by atoms with van der Waals surface area (Å²) in [4.78, 5) is 0. The molecule has 104 valence electrons. The summed E-state index contributed by atoms with van der Waals surface area (Å²) in [5.74, 6) is 0.596. The van der Waals surface area contributed by atoms with Crippen molar-refractivity contribution in [3.8, 4) is 0 Å². The van der Waals surface area contributed by atoms with Gasteiger partial charge in [0, 0.05) is 5.88 Å². The number of rotatable bonds is 9. The standard InChI is InChI=1S/C11H26ClO3PSi/c1-6-14-16(13,15-7-2)11(9-8-10-12)17(3,4)5/h11H,6-10H2,1-5H3. The Hall–Kier alpha value is 0.657. The van der Waals surface area contributed by atoms with Crippen LogP contribution in [0.4, 0.5) is 0 Å². The molecule has 0 aromatic carbocycles. The lowest BCUT2D eigenvalue weighted by Crippen LogP contribution is -2.39. The normalized spacial score (nSPS) is 14.9. The fourth-order valence-electron chi connectivity index (χ4n) is 1.91. The summed E-state index contributed by atoms with van der Waals surface area (Å²) in [6.45, 7) is 11.2. The van der Waals surface area contributed by atoms with Gasteiger partial charge in [-0.3, -0.25) is 4.57 Å². The van der Waals surface area contributed by atoms with Crippen LogP contribution in [0.25, 0.3) is 0 Å². The fourth-order valence-corrected chi connectivity index (χ4v) is 9.03. The van der Waals surface area contributed by atoms with Crippen molar-refractivity contribution in [1.29, 1.82) is 0 Å². The van der Waals surface area contributed by atoms with E-state index < -0.39 is 15.7 Å². The van der Waals surface area contributed by atoms with Gasteiger partial charge in [-0.05, 0) is 26.7 Å². The molecule has 17 heavy (non-hydrogen) atoms. The Balaban J connectivity index is 5.00. The van der Waals surface area contributed by atoms with E-state index in [1.807, 2.05) is 13.8 Å². The predicted octanol–water partition coefficient (Wildman–Crippen LogP) is 4.52. The average Bonchev–Trinajstić information content (AvgIpc) is 2.16. The Morgan fingerprint density at radius 3 is 1.94 bits per heavy atom. The SMILES string of the molecule is CCOP(=O)(OCC)C(CCCCl)[Si](C)(C)C. The molecule has 0 amide bonds. The molecule has 0 bridgehead atoms. The molecule has 6 heteroatoms. The topological polar surface area (TPSA) is 35.5 Å². The van der Waals surface area contributed by atoms with Gasteiger partial charge in [-0.1, -0.05) is 19.6 Å². The first-order chi connectivity index (χ1) is 7.81. The van der Waals surface area contributed by atoms with Crippen molar-refractivity contribution in [1.82, 2.24) is 0 Å². The van der Waals surface area contributed by atoms with Crippen LogP contribution in [-0.4, -0.2) is 32.4 Å². The van der Waals surface area contributed by atoms with Crippen LogP contribution in [0.3, 0.4) is 0 Å². The summed E-state index contributed by atoms with van der Waals surface area (Å²) in [5, 5.41) is 0.0358. The van der Waals surface area contributed by atoms with E-state index >= 15 is 0 Å². The molecule has 1 atom stereocenters. The van der Waals surface area contributed by atoms with E-state index in [1.165, 1.54) is 0 Å². The second kappa shape index (κ2) is 7.95. The van der Waals surface area contributed by atoms with E-state index in [0.29, 0.717) is 19.1 Å². The Kier molecular flexibility index (Phi) is 8.26. The van der Waals surface area contributed by atoms with Gasteiger partial charge in [-0.15, -0.1) is 11.6 Å². The fraction of sp³-hybridized carbons (Fsp3) is 1.00. The largest absolute Gasteiger partial charge is 0.331 e. The number of hydrogen-bond donors (Lipinski definition) is 0. The molecule has 0 spiro atoms. The van der Waals surface area contributed by atoms with Crippen LogP contribution in [0.1, 0.15) is 26.7 Å². The minimum Gasteiger partial charge on any atom is -0.309 e. The number of hydrogen-bond acceptors (Lipinski definition) is 3. The summed E-state index contributed by atoms with van der Waals surface area (Å²) >= 11 is 5.74. The third-order valence-corrected chi connectivity index (χ3v) is 10.7. The molecule has 0 heterocycles. The van der Waals surface area contributed by atoms with Gasteiger partial charge in [0.1, 0.15) is 0 Å². The van der Waals surface area contributed by atoms with E-state index in [1.54, 1.807) is 0 Å². The van der Waals surface area contributed by atoms with Gasteiger partial charge >= 0.3 is 7.60 Å². The van der Waals surface area contributed by atoms with Crippen molar-refractivity contribution in [3.63, 3.8) is 0 Å². The van der Waals surface area contributed by atoms with E-state index in [2.05, 4.69) is 19.6 Å². The van der Waals surface area contributed by atoms with Crippen molar-refractivity contribution < 1.29 is 13.6 Å². The van der Waals surface area contributed by atoms with Crippen LogP contribution in [0.15, 0.2) is 0 Å². The van der Waals surface area contributed by atoms with Crippen molar-refractivity contribution in [2.75, 3.05) is 19.1 Å². The van der Waals surface area contributed by atoms with Crippen LogP contribution >= 0.6 is 19.2 Å². The van der Waals surface area contributed by atoms with Crippen LogP contribution in [0.2, 0.25) is 19.6 Å². The highest BCUT2D eigenvalue weighted by Gasteiger charge is 2.43. The third-order valence-electron chi connectivity index (χ3n) is 2.61. The molecule has 0 radical (unpaired) electrons. The molecular formula is C11H26ClO3PSi. The Morgan fingerprint density at radius 1 is 1.18 bits per heavy atom. The lowest BCUT2D eigenvalue weighted by molar-refractivity contribution is 0.216. The molecular weight excluding hydrogens is 275 g/mol. The molecule has 0 rings (SSSR count). The van der Waals surface area contributed by atoms with Crippen LogP contribution in [0, 0.1) is 0 Å². The zero-order chi connectivity index (χ0) is 13.5. The molecule has 0 aliphatic rings. The smallest absolute Gasteiger partial charge is 0.309 e. The molecule has 0 fully saturated rings. The molecule has 0 aliphatic heterocycles. The lowest BCUT2D eigenvalue weighted by atomic mass is 10.4. The first-order valence-electron chi connectivity index (χ1n) is 6.26. The van der Waals surface area contributed by atoms with Crippen LogP contribution < -0.4 is 0 Å². The molecule has 0 saturated carbocycles. The number of halogens is 1. The zero-order valence-corrected chi connectivity index (χ0v) is 14.3. The molecule has 0 aromatic heterocycles. The van der Waals surface area contributed by atoms with Gasteiger partial charge in [0.2, 0.25) is 0 Å². The van der Waals surface area contributed by atoms with Gasteiger partial charge in [-0.2, -0.15) is 0 Å². The first-order valence-corrected chi connectivity index (χ1v) is 12.0. The first kappa shape index (κ1) is 17.7. The summed E-state index contributed by atoms with van der Waals surface area (Å²) < 4.78 is 23.8. The van der Waals surface area contributed by atoms with Gasteiger partial charge in [-0.25, -0.2) is 0 Å². The van der Waals surface area contributed by atoms with Crippen LogP contribution in [0.5, 0.6) is 0 Å². The highest BCUT2D eigenvalue weighted by molar-refractivity contribution is 7.58. The molecule has 0 saturated heterocycles. The third kappa shape index (κ3) is 5.89. The Labute approximate surface area is 112 Å². The highest BCUT2D eigenvalue weighted by Crippen LogP contribution is 2.57. The molecule has 0 N–H and O–H groups in total. The van der Waals surface area contributed by atoms with E-state index in [-0.39, 0.29) is 5.28 Å². The molecule has 1 unspecified atom stereocenters. The Bertz CT molecular complexity index is 246. The van der Waals surface area contributed by atoms with E-state index in [4.69, 9.17) is 20.6 Å². The highest BCUT2D eigenvalue weighted by atomic mass is 35.5. The lowest BCUT2D eigenvalue weighted by Gasteiger charge is -2.34. The van der Waals surface area contributed by atoms with E-state index in [9.17, 15) is 4.57 Å². The molecule has 0 aromatic rings. The van der Waals surface area contributed by atoms with E-state index in [0.717, 1.165) is 12.8 Å². The summed E-state index contributed by atoms with van der Waals surface area (Å²) in [6.07, 6.45) is 1.69. The second-order valence-electron chi connectivity index (χ2n) is 5.09. The van der Waals surface area contributed by atoms with Crippen molar-refractivity contribution in [3.05, 3.63) is 0 Å². The number of alkyl halides is 1. The molecule has 0 aliphatic carbocycles. The maximum Gasteiger partial charge on any atom is 0.331 e. The monoisotopic (exact) mass is 300 g/mol. The molecule has 3 nitrogen and oxygen atoms in total. The van der Waals surface area contributed by atoms with Gasteiger partial charge in [0.15, 0.2) is 0 Å². The van der Waals surface area contributed by atoms with Crippen molar-refractivity contribution in [2.45, 2.75) is 51.6 Å². The zero-order valence-electron chi connectivity index (χ0n) is 11.7. The second-order valence-corrected chi connectivity index (χ2v) is 13.6.